The van der Waals surface area contributed by atoms with E-state index in [0.717, 1.165) is 24.2 Å². The Kier molecular flexibility index (Phi) is 4.27. The third kappa shape index (κ3) is 3.05. The zero-order valence-electron chi connectivity index (χ0n) is 14.7. The summed E-state index contributed by atoms with van der Waals surface area (Å²) in [6, 6.07) is 2.30. The van der Waals surface area contributed by atoms with Gasteiger partial charge in [0.05, 0.1) is 12.5 Å². The highest BCUT2D eigenvalue weighted by molar-refractivity contribution is 7.08. The zero-order valence-corrected chi connectivity index (χ0v) is 15.5. The number of nitrogens with zero attached hydrogens (tertiary/aromatic N) is 4. The molecule has 2 bridgehead atoms. The van der Waals surface area contributed by atoms with Crippen molar-refractivity contribution in [1.29, 1.82) is 0 Å². The number of aromatic nitrogens is 3. The first kappa shape index (κ1) is 16.6. The highest BCUT2D eigenvalue weighted by Gasteiger charge is 2.41. The van der Waals surface area contributed by atoms with Gasteiger partial charge in [-0.1, -0.05) is 13.8 Å². The van der Waals surface area contributed by atoms with Gasteiger partial charge < -0.3 is 4.90 Å². The van der Waals surface area contributed by atoms with Crippen LogP contribution in [-0.4, -0.2) is 37.2 Å². The van der Waals surface area contributed by atoms with E-state index in [2.05, 4.69) is 18.9 Å². The largest absolute Gasteiger partial charge is 0.345 e. The number of carbonyl (C=O) groups is 1. The Bertz CT molecular complexity index is 821. The zero-order chi connectivity index (χ0) is 17.6. The van der Waals surface area contributed by atoms with Crippen LogP contribution >= 0.6 is 11.3 Å². The third-order valence-electron chi connectivity index (χ3n) is 5.19. The first-order chi connectivity index (χ1) is 12.0. The van der Waals surface area contributed by atoms with E-state index in [0.29, 0.717) is 31.8 Å². The monoisotopic (exact) mass is 360 g/mol. The molecule has 2 aliphatic heterocycles. The van der Waals surface area contributed by atoms with Gasteiger partial charge in [-0.2, -0.15) is 16.4 Å². The lowest BCUT2D eigenvalue weighted by Crippen LogP contribution is -2.43. The van der Waals surface area contributed by atoms with Crippen LogP contribution in [0.4, 0.5) is 0 Å². The summed E-state index contributed by atoms with van der Waals surface area (Å²) in [6.07, 6.45) is 3.12. The fraction of sp³-hybridized carbons (Fsp3) is 0.611. The second kappa shape index (κ2) is 6.44. The van der Waals surface area contributed by atoms with E-state index in [4.69, 9.17) is 0 Å². The molecule has 2 unspecified atom stereocenters. The van der Waals surface area contributed by atoms with Crippen LogP contribution in [0.25, 0.3) is 0 Å². The van der Waals surface area contributed by atoms with Crippen LogP contribution in [-0.2, 0) is 30.7 Å². The summed E-state index contributed by atoms with van der Waals surface area (Å²) < 4.78 is 3.40. The lowest BCUT2D eigenvalue weighted by atomic mass is 10.1. The predicted octanol–water partition coefficient (Wildman–Crippen LogP) is 1.92. The molecule has 0 aromatic carbocycles. The van der Waals surface area contributed by atoms with Gasteiger partial charge in [0, 0.05) is 25.6 Å². The van der Waals surface area contributed by atoms with Gasteiger partial charge in [-0.25, -0.2) is 9.48 Å². The Morgan fingerprint density at radius 3 is 2.88 bits per heavy atom. The van der Waals surface area contributed by atoms with Crippen molar-refractivity contribution < 1.29 is 4.79 Å². The van der Waals surface area contributed by atoms with Gasteiger partial charge >= 0.3 is 5.69 Å². The normalized spacial score (nSPS) is 22.3. The van der Waals surface area contributed by atoms with Crippen LogP contribution in [0, 0.1) is 5.92 Å². The number of rotatable bonds is 4. The second-order valence-corrected chi connectivity index (χ2v) is 8.36. The fourth-order valence-electron chi connectivity index (χ4n) is 4.11. The summed E-state index contributed by atoms with van der Waals surface area (Å²) in [6.45, 7) is 5.41. The van der Waals surface area contributed by atoms with Crippen molar-refractivity contribution in [3.8, 4) is 0 Å². The van der Waals surface area contributed by atoms with Crippen LogP contribution in [0.5, 0.6) is 0 Å². The van der Waals surface area contributed by atoms with Crippen molar-refractivity contribution in [3.63, 3.8) is 0 Å². The summed E-state index contributed by atoms with van der Waals surface area (Å²) in [7, 11) is 0. The van der Waals surface area contributed by atoms with Gasteiger partial charge in [0.25, 0.3) is 0 Å². The summed E-state index contributed by atoms with van der Waals surface area (Å²) in [5, 5.41) is 8.61. The smallest absolute Gasteiger partial charge is 0.334 e. The molecule has 6 nitrogen and oxygen atoms in total. The minimum Gasteiger partial charge on any atom is -0.334 e. The van der Waals surface area contributed by atoms with Crippen LogP contribution in [0.3, 0.4) is 0 Å². The molecular weight excluding hydrogens is 336 g/mol. The minimum atomic E-state index is -0.0264. The third-order valence-corrected chi connectivity index (χ3v) is 5.92. The number of amides is 1. The highest BCUT2D eigenvalue weighted by atomic mass is 32.1. The van der Waals surface area contributed by atoms with Crippen LogP contribution in [0.15, 0.2) is 21.6 Å². The van der Waals surface area contributed by atoms with Gasteiger partial charge in [0.2, 0.25) is 5.91 Å². The van der Waals surface area contributed by atoms with Crippen molar-refractivity contribution in [1.82, 2.24) is 19.2 Å². The van der Waals surface area contributed by atoms with Crippen molar-refractivity contribution in [2.24, 2.45) is 5.92 Å². The molecule has 2 atom stereocenters. The molecule has 0 aliphatic carbocycles. The van der Waals surface area contributed by atoms with Crippen molar-refractivity contribution >= 4 is 17.2 Å². The van der Waals surface area contributed by atoms with Gasteiger partial charge in [0.1, 0.15) is 5.82 Å². The Labute approximate surface area is 151 Å². The van der Waals surface area contributed by atoms with Crippen molar-refractivity contribution in [2.75, 3.05) is 0 Å². The molecule has 4 heterocycles. The lowest BCUT2D eigenvalue weighted by molar-refractivity contribution is -0.133. The second-order valence-electron chi connectivity index (χ2n) is 7.58. The van der Waals surface area contributed by atoms with E-state index in [-0.39, 0.29) is 23.7 Å². The molecule has 134 valence electrons. The molecule has 2 aliphatic rings. The number of thiophene rings is 1. The standard InChI is InChI=1S/C18H24N4O2S/c1-12(2)9-21-18(24)20-10-15-4-3-14(8-16(20)19-21)22(15)17(23)7-13-5-6-25-11-13/h5-6,11-12,14-15H,3-4,7-10H2,1-2H3. The molecule has 1 saturated heterocycles. The van der Waals surface area contributed by atoms with Crippen LogP contribution in [0.2, 0.25) is 0 Å². The molecule has 2 aromatic heterocycles. The molecule has 2 aromatic rings. The quantitative estimate of drug-likeness (QED) is 0.837. The molecular formula is C18H24N4O2S. The molecule has 0 spiro atoms. The minimum absolute atomic E-state index is 0.0264. The molecule has 1 amide bonds. The van der Waals surface area contributed by atoms with E-state index in [1.54, 1.807) is 20.6 Å². The Morgan fingerprint density at radius 1 is 1.36 bits per heavy atom. The molecule has 1 fully saturated rings. The molecule has 7 heteroatoms. The maximum absolute atomic E-state index is 12.9. The van der Waals surface area contributed by atoms with E-state index in [9.17, 15) is 9.59 Å². The Morgan fingerprint density at radius 2 is 2.16 bits per heavy atom. The average molecular weight is 360 g/mol. The molecule has 0 N–H and O–H groups in total. The lowest BCUT2D eigenvalue weighted by Gasteiger charge is -2.28. The van der Waals surface area contributed by atoms with Crippen LogP contribution < -0.4 is 5.69 Å². The number of carbonyl (C=O) groups excluding carboxylic acids is 1. The van der Waals surface area contributed by atoms with Gasteiger partial charge in [0.15, 0.2) is 0 Å². The van der Waals surface area contributed by atoms with Gasteiger partial charge in [-0.3, -0.25) is 9.36 Å². The Balaban J connectivity index is 1.58. The first-order valence-corrected chi connectivity index (χ1v) is 9.96. The van der Waals surface area contributed by atoms with Crippen LogP contribution in [0.1, 0.15) is 38.1 Å². The summed E-state index contributed by atoms with van der Waals surface area (Å²) >= 11 is 1.62. The van der Waals surface area contributed by atoms with E-state index < -0.39 is 0 Å². The number of fused-ring (bicyclic) bond motifs is 3. The summed E-state index contributed by atoms with van der Waals surface area (Å²) in [5.74, 6) is 1.41. The summed E-state index contributed by atoms with van der Waals surface area (Å²) in [4.78, 5) is 27.6. The number of hydrogen-bond acceptors (Lipinski definition) is 4. The van der Waals surface area contributed by atoms with Gasteiger partial charge in [-0.05, 0) is 41.1 Å². The van der Waals surface area contributed by atoms with E-state index in [1.165, 1.54) is 0 Å². The molecule has 0 saturated carbocycles. The topological polar surface area (TPSA) is 60.1 Å². The van der Waals surface area contributed by atoms with E-state index in [1.807, 2.05) is 21.7 Å². The van der Waals surface area contributed by atoms with Crippen molar-refractivity contribution in [3.05, 3.63) is 38.7 Å². The molecule has 25 heavy (non-hydrogen) atoms. The fourth-order valence-corrected chi connectivity index (χ4v) is 4.78. The molecule has 0 radical (unpaired) electrons. The maximum Gasteiger partial charge on any atom is 0.345 e. The maximum atomic E-state index is 12.9. The summed E-state index contributed by atoms with van der Waals surface area (Å²) in [5.41, 5.74) is 1.05. The predicted molar refractivity (Wildman–Crippen MR) is 96.7 cm³/mol. The van der Waals surface area contributed by atoms with E-state index >= 15 is 0 Å². The molecule has 4 rings (SSSR count). The van der Waals surface area contributed by atoms with Crippen molar-refractivity contribution in [2.45, 2.75) is 64.7 Å². The number of hydrogen-bond donors (Lipinski definition) is 0. The first-order valence-electron chi connectivity index (χ1n) is 9.01. The SMILES string of the molecule is CC(C)Cn1nc2n(c1=O)CC1CCC(C2)N1C(=O)Cc1ccsc1. The highest BCUT2D eigenvalue weighted by Crippen LogP contribution is 2.31. The Hall–Kier alpha value is -1.89. The average Bonchev–Trinajstić information content (AvgIpc) is 3.21. The van der Waals surface area contributed by atoms with Gasteiger partial charge in [-0.15, -0.1) is 0 Å².